The predicted octanol–water partition coefficient (Wildman–Crippen LogP) is 2.85. The average molecular weight is 369 g/mol. The van der Waals surface area contributed by atoms with E-state index in [-0.39, 0.29) is 23.7 Å². The van der Waals surface area contributed by atoms with Crippen molar-refractivity contribution in [3.8, 4) is 17.1 Å². The molecule has 2 aromatic rings. The van der Waals surface area contributed by atoms with Gasteiger partial charge in [-0.15, -0.1) is 0 Å². The molecule has 1 aromatic carbocycles. The number of amides is 2. The number of ether oxygens (including phenoxy) is 1. The topological polar surface area (TPSA) is 85.5 Å². The lowest BCUT2D eigenvalue weighted by molar-refractivity contribution is -0.139. The largest absolute Gasteiger partial charge is 0.497 e. The van der Waals surface area contributed by atoms with E-state index in [1.807, 2.05) is 24.3 Å². The molecule has 2 unspecified atom stereocenters. The van der Waals surface area contributed by atoms with E-state index in [2.05, 4.69) is 10.1 Å². The van der Waals surface area contributed by atoms with Crippen LogP contribution in [0.4, 0.5) is 0 Å². The molecule has 2 atom stereocenters. The van der Waals surface area contributed by atoms with E-state index >= 15 is 0 Å². The monoisotopic (exact) mass is 369 g/mol. The van der Waals surface area contributed by atoms with Gasteiger partial charge in [-0.25, -0.2) is 0 Å². The molecule has 1 saturated carbocycles. The molecule has 1 aliphatic carbocycles. The fourth-order valence-corrected chi connectivity index (χ4v) is 4.05. The molecule has 4 rings (SSSR count). The third-order valence-corrected chi connectivity index (χ3v) is 5.52. The van der Waals surface area contributed by atoms with Crippen molar-refractivity contribution in [3.05, 3.63) is 30.2 Å². The molecular weight excluding hydrogens is 346 g/mol. The molecule has 142 valence electrons. The van der Waals surface area contributed by atoms with E-state index in [1.165, 1.54) is 4.90 Å². The van der Waals surface area contributed by atoms with E-state index in [0.29, 0.717) is 31.1 Å². The second-order valence-electron chi connectivity index (χ2n) is 7.17. The van der Waals surface area contributed by atoms with Gasteiger partial charge in [0.1, 0.15) is 5.75 Å². The van der Waals surface area contributed by atoms with Crippen molar-refractivity contribution in [2.24, 2.45) is 11.8 Å². The molecular formula is C20H23N3O4. The zero-order valence-corrected chi connectivity index (χ0v) is 15.4. The predicted molar refractivity (Wildman–Crippen MR) is 96.8 cm³/mol. The highest BCUT2D eigenvalue weighted by Gasteiger charge is 2.47. The molecule has 7 nitrogen and oxygen atoms in total. The summed E-state index contributed by atoms with van der Waals surface area (Å²) in [6.07, 6.45) is 4.95. The van der Waals surface area contributed by atoms with Crippen LogP contribution in [0, 0.1) is 11.8 Å². The van der Waals surface area contributed by atoms with E-state index in [1.54, 1.807) is 7.11 Å². The van der Waals surface area contributed by atoms with Gasteiger partial charge in [-0.3, -0.25) is 14.5 Å². The number of methoxy groups -OCH3 is 1. The van der Waals surface area contributed by atoms with Gasteiger partial charge in [0.25, 0.3) is 0 Å². The zero-order chi connectivity index (χ0) is 18.8. The number of imide groups is 1. The number of hydrogen-bond acceptors (Lipinski definition) is 6. The van der Waals surface area contributed by atoms with Crippen LogP contribution >= 0.6 is 0 Å². The highest BCUT2D eigenvalue weighted by molar-refractivity contribution is 6.05. The Morgan fingerprint density at radius 2 is 1.78 bits per heavy atom. The Bertz CT molecular complexity index is 806. The number of nitrogens with zero attached hydrogens (tertiary/aromatic N) is 3. The number of benzene rings is 1. The highest BCUT2D eigenvalue weighted by atomic mass is 16.5. The maximum absolute atomic E-state index is 12.5. The SMILES string of the molecule is COc1ccc(-c2noc(CCCN3C(=O)C4CCCCC4C3=O)n2)cc1. The second kappa shape index (κ2) is 7.50. The lowest BCUT2D eigenvalue weighted by atomic mass is 9.81. The third-order valence-electron chi connectivity index (χ3n) is 5.52. The third kappa shape index (κ3) is 3.46. The maximum atomic E-state index is 12.5. The van der Waals surface area contributed by atoms with Crippen LogP contribution in [0.15, 0.2) is 28.8 Å². The second-order valence-corrected chi connectivity index (χ2v) is 7.17. The van der Waals surface area contributed by atoms with Crippen LogP contribution < -0.4 is 4.74 Å². The number of carbonyl (C=O) groups is 2. The van der Waals surface area contributed by atoms with Crippen LogP contribution in [-0.2, 0) is 16.0 Å². The normalized spacial score (nSPS) is 22.2. The first-order chi connectivity index (χ1) is 13.2. The van der Waals surface area contributed by atoms with Crippen LogP contribution in [0.1, 0.15) is 38.0 Å². The Balaban J connectivity index is 1.34. The molecule has 2 aliphatic rings. The van der Waals surface area contributed by atoms with E-state index < -0.39 is 0 Å². The molecule has 1 saturated heterocycles. The van der Waals surface area contributed by atoms with Gasteiger partial charge in [-0.1, -0.05) is 18.0 Å². The van der Waals surface area contributed by atoms with Gasteiger partial charge in [-0.2, -0.15) is 4.98 Å². The summed E-state index contributed by atoms with van der Waals surface area (Å²) in [4.78, 5) is 30.8. The molecule has 27 heavy (non-hydrogen) atoms. The first-order valence-electron chi connectivity index (χ1n) is 9.49. The molecule has 2 heterocycles. The van der Waals surface area contributed by atoms with Crippen molar-refractivity contribution in [2.75, 3.05) is 13.7 Å². The smallest absolute Gasteiger partial charge is 0.233 e. The minimum Gasteiger partial charge on any atom is -0.497 e. The first-order valence-corrected chi connectivity index (χ1v) is 9.49. The number of aryl methyl sites for hydroxylation is 1. The molecule has 7 heteroatoms. The summed E-state index contributed by atoms with van der Waals surface area (Å²) < 4.78 is 10.4. The average Bonchev–Trinajstić information content (AvgIpc) is 3.27. The summed E-state index contributed by atoms with van der Waals surface area (Å²) in [5.41, 5.74) is 0.847. The van der Waals surface area contributed by atoms with Gasteiger partial charge in [0.05, 0.1) is 18.9 Å². The van der Waals surface area contributed by atoms with Crippen LogP contribution in [0.3, 0.4) is 0 Å². The maximum Gasteiger partial charge on any atom is 0.233 e. The fourth-order valence-electron chi connectivity index (χ4n) is 4.05. The Morgan fingerprint density at radius 3 is 2.41 bits per heavy atom. The van der Waals surface area contributed by atoms with Gasteiger partial charge < -0.3 is 9.26 Å². The molecule has 1 aromatic heterocycles. The number of rotatable bonds is 6. The number of aromatic nitrogens is 2. The molecule has 2 fully saturated rings. The fraction of sp³-hybridized carbons (Fsp3) is 0.500. The first kappa shape index (κ1) is 17.7. The molecule has 0 radical (unpaired) electrons. The number of likely N-dealkylation sites (tertiary alicyclic amines) is 1. The summed E-state index contributed by atoms with van der Waals surface area (Å²) in [6, 6.07) is 7.43. The van der Waals surface area contributed by atoms with Crippen molar-refractivity contribution >= 4 is 11.8 Å². The highest BCUT2D eigenvalue weighted by Crippen LogP contribution is 2.38. The molecule has 0 spiro atoms. The Hall–Kier alpha value is -2.70. The van der Waals surface area contributed by atoms with Gasteiger partial charge >= 0.3 is 0 Å². The lowest BCUT2D eigenvalue weighted by Gasteiger charge is -2.19. The molecule has 0 bridgehead atoms. The van der Waals surface area contributed by atoms with E-state index in [4.69, 9.17) is 9.26 Å². The van der Waals surface area contributed by atoms with Gasteiger partial charge in [0.15, 0.2) is 0 Å². The van der Waals surface area contributed by atoms with Crippen LogP contribution in [-0.4, -0.2) is 40.5 Å². The number of fused-ring (bicyclic) bond motifs is 1. The summed E-state index contributed by atoms with van der Waals surface area (Å²) in [5.74, 6) is 1.64. The van der Waals surface area contributed by atoms with E-state index in [0.717, 1.165) is 37.0 Å². The van der Waals surface area contributed by atoms with Gasteiger partial charge in [0.2, 0.25) is 23.5 Å². The van der Waals surface area contributed by atoms with E-state index in [9.17, 15) is 9.59 Å². The summed E-state index contributed by atoms with van der Waals surface area (Å²) in [6.45, 7) is 0.422. The molecule has 1 aliphatic heterocycles. The van der Waals surface area contributed by atoms with Gasteiger partial charge in [-0.05, 0) is 43.5 Å². The Morgan fingerprint density at radius 1 is 1.11 bits per heavy atom. The zero-order valence-electron chi connectivity index (χ0n) is 15.4. The van der Waals surface area contributed by atoms with Crippen molar-refractivity contribution < 1.29 is 18.8 Å². The standard InChI is InChI=1S/C20H23N3O4/c1-26-14-10-8-13(9-11-14)18-21-17(27-22-18)7-4-12-23-19(24)15-5-2-3-6-16(15)20(23)25/h8-11,15-16H,2-7,12H2,1H3. The summed E-state index contributed by atoms with van der Waals surface area (Å²) >= 11 is 0. The quantitative estimate of drug-likeness (QED) is 0.728. The van der Waals surface area contributed by atoms with Crippen molar-refractivity contribution in [2.45, 2.75) is 38.5 Å². The molecule has 2 amide bonds. The minimum atomic E-state index is -0.0867. The van der Waals surface area contributed by atoms with Crippen LogP contribution in [0.5, 0.6) is 5.75 Å². The van der Waals surface area contributed by atoms with Crippen molar-refractivity contribution in [3.63, 3.8) is 0 Å². The number of hydrogen-bond donors (Lipinski definition) is 0. The van der Waals surface area contributed by atoms with Gasteiger partial charge in [0, 0.05) is 18.5 Å². The number of carbonyl (C=O) groups excluding carboxylic acids is 2. The summed E-state index contributed by atoms with van der Waals surface area (Å²) in [7, 11) is 1.62. The van der Waals surface area contributed by atoms with Crippen LogP contribution in [0.25, 0.3) is 11.4 Å². The Kier molecular flexibility index (Phi) is 4.92. The minimum absolute atomic E-state index is 0.00847. The van der Waals surface area contributed by atoms with Crippen LogP contribution in [0.2, 0.25) is 0 Å². The van der Waals surface area contributed by atoms with Crippen molar-refractivity contribution in [1.82, 2.24) is 15.0 Å². The van der Waals surface area contributed by atoms with Crippen molar-refractivity contribution in [1.29, 1.82) is 0 Å². The Labute approximate surface area is 157 Å². The molecule has 0 N–H and O–H groups in total. The lowest BCUT2D eigenvalue weighted by Crippen LogP contribution is -2.32. The summed E-state index contributed by atoms with van der Waals surface area (Å²) in [5, 5.41) is 4.01.